The van der Waals surface area contributed by atoms with E-state index in [1.165, 1.54) is 16.1 Å². The summed E-state index contributed by atoms with van der Waals surface area (Å²) in [7, 11) is -3.88. The second-order valence-corrected chi connectivity index (χ2v) is 8.92. The standard InChI is InChI=1S/C20H19N5O3S.CH2O2/c26-19-6-4-14-3-5-15(12-16(14)23-19)29(27,28)25-13-18(24-10-8-21-9-11-24)20-17(25)2-1-7-22-20;2-1-3/h1-7,12-13,21H,8-11H2,(H,23,26);1H,(H,2,3). The first kappa shape index (κ1) is 21.5. The number of anilines is 1. The lowest BCUT2D eigenvalue weighted by Gasteiger charge is -2.28. The topological polar surface area (TPSA) is 137 Å². The molecule has 1 aliphatic heterocycles. The number of pyridine rings is 2. The Hall–Kier alpha value is -3.70. The summed E-state index contributed by atoms with van der Waals surface area (Å²) >= 11 is 0. The molecule has 0 atom stereocenters. The Morgan fingerprint density at radius 1 is 1.09 bits per heavy atom. The molecule has 4 heterocycles. The minimum Gasteiger partial charge on any atom is -0.483 e. The summed E-state index contributed by atoms with van der Waals surface area (Å²) in [5.41, 5.74) is 2.20. The first-order valence-electron chi connectivity index (χ1n) is 9.84. The predicted octanol–water partition coefficient (Wildman–Crippen LogP) is 1.23. The smallest absolute Gasteiger partial charge is 0.290 e. The van der Waals surface area contributed by atoms with Crippen LogP contribution < -0.4 is 15.8 Å². The van der Waals surface area contributed by atoms with Gasteiger partial charge >= 0.3 is 0 Å². The molecule has 5 rings (SSSR count). The van der Waals surface area contributed by atoms with Crippen LogP contribution in [0.5, 0.6) is 0 Å². The summed E-state index contributed by atoms with van der Waals surface area (Å²) in [5, 5.41) is 11.0. The van der Waals surface area contributed by atoms with E-state index in [9.17, 15) is 13.2 Å². The molecule has 4 aromatic rings. The highest BCUT2D eigenvalue weighted by molar-refractivity contribution is 7.90. The van der Waals surface area contributed by atoms with Crippen molar-refractivity contribution in [1.82, 2.24) is 19.3 Å². The number of nitrogens with one attached hydrogen (secondary N) is 2. The zero-order chi connectivity index (χ0) is 22.7. The van der Waals surface area contributed by atoms with Crippen molar-refractivity contribution in [3.63, 3.8) is 0 Å². The van der Waals surface area contributed by atoms with Crippen LogP contribution in [-0.4, -0.2) is 60.1 Å². The lowest BCUT2D eigenvalue weighted by molar-refractivity contribution is -0.122. The molecule has 1 aromatic carbocycles. The Kier molecular flexibility index (Phi) is 5.93. The molecule has 0 saturated carbocycles. The largest absolute Gasteiger partial charge is 0.483 e. The van der Waals surface area contributed by atoms with Crippen molar-refractivity contribution in [2.24, 2.45) is 0 Å². The molecule has 0 unspecified atom stereocenters. The number of H-pyrrole nitrogens is 1. The summed E-state index contributed by atoms with van der Waals surface area (Å²) in [4.78, 5) is 29.4. The monoisotopic (exact) mass is 455 g/mol. The molecule has 0 bridgehead atoms. The van der Waals surface area contributed by atoms with Crippen LogP contribution >= 0.6 is 0 Å². The lowest BCUT2D eigenvalue weighted by atomic mass is 10.2. The highest BCUT2D eigenvalue weighted by Gasteiger charge is 2.25. The molecule has 3 aromatic heterocycles. The average Bonchev–Trinajstić information content (AvgIpc) is 3.20. The molecule has 32 heavy (non-hydrogen) atoms. The number of carboxylic acid groups (broad SMARTS) is 1. The van der Waals surface area contributed by atoms with Gasteiger partial charge in [-0.1, -0.05) is 6.07 Å². The Balaban J connectivity index is 0.000000775. The molecule has 0 spiro atoms. The molecule has 1 fully saturated rings. The van der Waals surface area contributed by atoms with Gasteiger partial charge in [0.2, 0.25) is 5.56 Å². The van der Waals surface area contributed by atoms with Crippen molar-refractivity contribution in [1.29, 1.82) is 0 Å². The van der Waals surface area contributed by atoms with Crippen molar-refractivity contribution in [3.8, 4) is 0 Å². The maximum Gasteiger partial charge on any atom is 0.290 e. The van der Waals surface area contributed by atoms with Crippen LogP contribution in [0.25, 0.3) is 21.9 Å². The number of nitrogens with zero attached hydrogens (tertiary/aromatic N) is 3. The van der Waals surface area contributed by atoms with Crippen LogP contribution in [0.2, 0.25) is 0 Å². The second kappa shape index (κ2) is 8.81. The molecule has 166 valence electrons. The van der Waals surface area contributed by atoms with E-state index in [-0.39, 0.29) is 16.9 Å². The molecule has 0 radical (unpaired) electrons. The Morgan fingerprint density at radius 2 is 1.81 bits per heavy atom. The third-order valence-corrected chi connectivity index (χ3v) is 6.89. The molecule has 1 saturated heterocycles. The van der Waals surface area contributed by atoms with Gasteiger partial charge in [-0.2, -0.15) is 0 Å². The van der Waals surface area contributed by atoms with E-state index in [4.69, 9.17) is 9.90 Å². The van der Waals surface area contributed by atoms with E-state index < -0.39 is 10.0 Å². The van der Waals surface area contributed by atoms with E-state index in [1.807, 2.05) is 0 Å². The van der Waals surface area contributed by atoms with Gasteiger partial charge in [0.05, 0.1) is 16.1 Å². The number of rotatable bonds is 3. The fraction of sp³-hybridized carbons (Fsp3) is 0.190. The number of aromatic nitrogens is 3. The number of hydrogen-bond donors (Lipinski definition) is 3. The molecule has 11 heteroatoms. The van der Waals surface area contributed by atoms with Crippen LogP contribution in [0.15, 0.2) is 64.5 Å². The van der Waals surface area contributed by atoms with Gasteiger partial charge in [0.1, 0.15) is 5.52 Å². The van der Waals surface area contributed by atoms with Crippen LogP contribution in [0, 0.1) is 0 Å². The summed E-state index contributed by atoms with van der Waals surface area (Å²) in [6.07, 6.45) is 3.32. The van der Waals surface area contributed by atoms with E-state index in [0.717, 1.165) is 37.3 Å². The average molecular weight is 455 g/mol. The number of benzene rings is 1. The van der Waals surface area contributed by atoms with Crippen molar-refractivity contribution < 1.29 is 18.3 Å². The zero-order valence-corrected chi connectivity index (χ0v) is 17.7. The van der Waals surface area contributed by atoms with Gasteiger partial charge < -0.3 is 20.3 Å². The van der Waals surface area contributed by atoms with Crippen molar-refractivity contribution in [3.05, 3.63) is 65.2 Å². The van der Waals surface area contributed by atoms with Gasteiger partial charge in [-0.05, 0) is 35.7 Å². The summed E-state index contributed by atoms with van der Waals surface area (Å²) in [5.74, 6) is 0. The first-order chi connectivity index (χ1) is 15.5. The van der Waals surface area contributed by atoms with E-state index >= 15 is 0 Å². The molecule has 0 aliphatic carbocycles. The third kappa shape index (κ3) is 3.95. The summed E-state index contributed by atoms with van der Waals surface area (Å²) in [6.45, 7) is 2.99. The molecule has 10 nitrogen and oxygen atoms in total. The van der Waals surface area contributed by atoms with Gasteiger partial charge in [0.15, 0.2) is 0 Å². The van der Waals surface area contributed by atoms with Crippen LogP contribution in [0.1, 0.15) is 0 Å². The summed E-state index contributed by atoms with van der Waals surface area (Å²) < 4.78 is 28.3. The second-order valence-electron chi connectivity index (χ2n) is 7.10. The van der Waals surface area contributed by atoms with E-state index in [0.29, 0.717) is 16.6 Å². The van der Waals surface area contributed by atoms with E-state index in [1.54, 1.807) is 42.7 Å². The quantitative estimate of drug-likeness (QED) is 0.392. The van der Waals surface area contributed by atoms with Gasteiger partial charge in [0.25, 0.3) is 16.5 Å². The number of aromatic amines is 1. The van der Waals surface area contributed by atoms with Gasteiger partial charge in [-0.15, -0.1) is 0 Å². The lowest BCUT2D eigenvalue weighted by Crippen LogP contribution is -2.43. The predicted molar refractivity (Wildman–Crippen MR) is 121 cm³/mol. The maximum atomic E-state index is 13.5. The normalized spacial score (nSPS) is 14.2. The Morgan fingerprint density at radius 3 is 2.56 bits per heavy atom. The Bertz CT molecular complexity index is 1440. The highest BCUT2D eigenvalue weighted by atomic mass is 32.2. The third-order valence-electron chi connectivity index (χ3n) is 5.22. The van der Waals surface area contributed by atoms with Gasteiger partial charge in [-0.25, -0.2) is 12.4 Å². The minimum absolute atomic E-state index is 0.111. The molecule has 1 aliphatic rings. The molecular weight excluding hydrogens is 434 g/mol. The molecular formula is C21H21N5O5S. The van der Waals surface area contributed by atoms with Crippen LogP contribution in [-0.2, 0) is 14.8 Å². The fourth-order valence-electron chi connectivity index (χ4n) is 3.75. The SMILES string of the molecule is O=CO.O=c1ccc2ccc(S(=O)(=O)n3cc(N4CCNCC4)c4ncccc43)cc2[nH]1. The van der Waals surface area contributed by atoms with Crippen molar-refractivity contribution in [2.75, 3.05) is 31.1 Å². The minimum atomic E-state index is -3.88. The highest BCUT2D eigenvalue weighted by Crippen LogP contribution is 2.31. The fourth-order valence-corrected chi connectivity index (χ4v) is 5.13. The number of carbonyl (C=O) groups is 1. The van der Waals surface area contributed by atoms with Crippen LogP contribution in [0.4, 0.5) is 5.69 Å². The number of fused-ring (bicyclic) bond motifs is 2. The van der Waals surface area contributed by atoms with Gasteiger partial charge in [0, 0.05) is 50.2 Å². The first-order valence-corrected chi connectivity index (χ1v) is 11.3. The zero-order valence-electron chi connectivity index (χ0n) is 16.9. The maximum absolute atomic E-state index is 13.5. The number of hydrogen-bond acceptors (Lipinski definition) is 7. The number of piperazine rings is 1. The van der Waals surface area contributed by atoms with Crippen LogP contribution in [0.3, 0.4) is 0 Å². The van der Waals surface area contributed by atoms with Crippen molar-refractivity contribution >= 4 is 44.1 Å². The Labute approximate surface area is 183 Å². The molecule has 0 amide bonds. The van der Waals surface area contributed by atoms with Crippen molar-refractivity contribution in [2.45, 2.75) is 4.90 Å². The van der Waals surface area contributed by atoms with E-state index in [2.05, 4.69) is 20.2 Å². The molecule has 3 N–H and O–H groups in total. The van der Waals surface area contributed by atoms with Gasteiger partial charge in [-0.3, -0.25) is 14.6 Å². The summed E-state index contributed by atoms with van der Waals surface area (Å²) in [6, 6.07) is 11.3.